The first kappa shape index (κ1) is 16.7. The number of esters is 1. The average Bonchev–Trinajstić information content (AvgIpc) is 2.68. The van der Waals surface area contributed by atoms with E-state index in [1.165, 1.54) is 0 Å². The molecule has 0 saturated heterocycles. The molecule has 0 N–H and O–H groups in total. The maximum absolute atomic E-state index is 12.2. The standard InChI is InChI=1S/C22H18O3/c23-21(16-25-22(24)15-17-7-3-1-4-8-17)20-13-11-19(12-14-20)18-9-5-2-6-10-18/h1-14H,15-16H2. The van der Waals surface area contributed by atoms with Gasteiger partial charge in [0.05, 0.1) is 6.42 Å². The molecule has 0 fully saturated rings. The van der Waals surface area contributed by atoms with Gasteiger partial charge in [-0.2, -0.15) is 0 Å². The molecule has 3 aromatic rings. The topological polar surface area (TPSA) is 43.4 Å². The Kier molecular flexibility index (Phi) is 5.37. The van der Waals surface area contributed by atoms with Crippen molar-refractivity contribution in [3.05, 3.63) is 96.1 Å². The highest BCUT2D eigenvalue weighted by molar-refractivity contribution is 5.98. The number of carbonyl (C=O) groups is 2. The molecule has 0 aliphatic carbocycles. The van der Waals surface area contributed by atoms with Gasteiger partial charge in [-0.25, -0.2) is 0 Å². The van der Waals surface area contributed by atoms with E-state index in [1.807, 2.05) is 72.8 Å². The predicted molar refractivity (Wildman–Crippen MR) is 97.3 cm³/mol. The maximum atomic E-state index is 12.2. The van der Waals surface area contributed by atoms with Crippen molar-refractivity contribution < 1.29 is 14.3 Å². The summed E-state index contributed by atoms with van der Waals surface area (Å²) in [5, 5.41) is 0. The third-order valence-electron chi connectivity index (χ3n) is 3.87. The van der Waals surface area contributed by atoms with Crippen molar-refractivity contribution in [2.45, 2.75) is 6.42 Å². The fraction of sp³-hybridized carbons (Fsp3) is 0.0909. The Bertz CT molecular complexity index is 837. The third kappa shape index (κ3) is 4.64. The molecule has 3 aromatic carbocycles. The lowest BCUT2D eigenvalue weighted by Crippen LogP contribution is -2.15. The number of Topliss-reactive ketones (excluding diaryl/α,β-unsaturated/α-hetero) is 1. The molecule has 25 heavy (non-hydrogen) atoms. The monoisotopic (exact) mass is 330 g/mol. The molecule has 0 unspecified atom stereocenters. The molecule has 0 saturated carbocycles. The third-order valence-corrected chi connectivity index (χ3v) is 3.87. The Morgan fingerprint density at radius 2 is 1.24 bits per heavy atom. The lowest BCUT2D eigenvalue weighted by molar-refractivity contribution is -0.141. The van der Waals surface area contributed by atoms with Gasteiger partial charge in [-0.05, 0) is 16.7 Å². The molecule has 0 aliphatic rings. The summed E-state index contributed by atoms with van der Waals surface area (Å²) in [4.78, 5) is 24.0. The van der Waals surface area contributed by atoms with E-state index in [0.29, 0.717) is 5.56 Å². The fourth-order valence-corrected chi connectivity index (χ4v) is 2.52. The smallest absolute Gasteiger partial charge is 0.310 e. The minimum Gasteiger partial charge on any atom is -0.457 e. The van der Waals surface area contributed by atoms with Gasteiger partial charge in [0.15, 0.2) is 12.4 Å². The van der Waals surface area contributed by atoms with Gasteiger partial charge in [-0.15, -0.1) is 0 Å². The van der Waals surface area contributed by atoms with Crippen LogP contribution in [0.2, 0.25) is 0 Å². The maximum Gasteiger partial charge on any atom is 0.310 e. The molecule has 124 valence electrons. The Morgan fingerprint density at radius 3 is 1.88 bits per heavy atom. The second-order valence-corrected chi connectivity index (χ2v) is 5.69. The molecule has 0 atom stereocenters. The van der Waals surface area contributed by atoms with Crippen LogP contribution in [0.4, 0.5) is 0 Å². The van der Waals surface area contributed by atoms with E-state index in [4.69, 9.17) is 4.74 Å². The number of benzene rings is 3. The number of rotatable bonds is 6. The average molecular weight is 330 g/mol. The van der Waals surface area contributed by atoms with Crippen LogP contribution in [0.15, 0.2) is 84.9 Å². The van der Waals surface area contributed by atoms with Crippen molar-refractivity contribution in [1.29, 1.82) is 0 Å². The zero-order valence-electron chi connectivity index (χ0n) is 13.7. The van der Waals surface area contributed by atoms with Crippen molar-refractivity contribution in [1.82, 2.24) is 0 Å². The SMILES string of the molecule is O=C(Cc1ccccc1)OCC(=O)c1ccc(-c2ccccc2)cc1. The molecule has 3 heteroatoms. The largest absolute Gasteiger partial charge is 0.457 e. The highest BCUT2D eigenvalue weighted by Gasteiger charge is 2.11. The van der Waals surface area contributed by atoms with Crippen LogP contribution in [0.5, 0.6) is 0 Å². The fourth-order valence-electron chi connectivity index (χ4n) is 2.52. The van der Waals surface area contributed by atoms with Crippen LogP contribution >= 0.6 is 0 Å². The van der Waals surface area contributed by atoms with E-state index in [1.54, 1.807) is 12.1 Å². The van der Waals surface area contributed by atoms with Crippen molar-refractivity contribution in [3.8, 4) is 11.1 Å². The highest BCUT2D eigenvalue weighted by atomic mass is 16.5. The summed E-state index contributed by atoms with van der Waals surface area (Å²) in [6.07, 6.45) is 0.168. The summed E-state index contributed by atoms with van der Waals surface area (Å²) >= 11 is 0. The Hall–Kier alpha value is -3.20. The lowest BCUT2D eigenvalue weighted by Gasteiger charge is -2.06. The molecule has 3 nitrogen and oxygen atoms in total. The molecule has 0 aliphatic heterocycles. The summed E-state index contributed by atoms with van der Waals surface area (Å²) in [5.41, 5.74) is 3.54. The van der Waals surface area contributed by atoms with Crippen LogP contribution < -0.4 is 0 Å². The molecule has 0 amide bonds. The van der Waals surface area contributed by atoms with Crippen LogP contribution in [0.25, 0.3) is 11.1 Å². The van der Waals surface area contributed by atoms with Gasteiger partial charge in [0, 0.05) is 5.56 Å². The van der Waals surface area contributed by atoms with Crippen LogP contribution in [-0.2, 0) is 16.0 Å². The zero-order chi connectivity index (χ0) is 17.5. The minimum absolute atomic E-state index is 0.168. The summed E-state index contributed by atoms with van der Waals surface area (Å²) < 4.78 is 5.09. The second kappa shape index (κ2) is 8.06. The van der Waals surface area contributed by atoms with Gasteiger partial charge < -0.3 is 4.74 Å². The summed E-state index contributed by atoms with van der Waals surface area (Å²) in [7, 11) is 0. The van der Waals surface area contributed by atoms with E-state index in [9.17, 15) is 9.59 Å². The number of hydrogen-bond donors (Lipinski definition) is 0. The van der Waals surface area contributed by atoms with E-state index in [0.717, 1.165) is 16.7 Å². The van der Waals surface area contributed by atoms with Crippen molar-refractivity contribution in [3.63, 3.8) is 0 Å². The molecule has 0 radical (unpaired) electrons. The van der Waals surface area contributed by atoms with E-state index in [-0.39, 0.29) is 18.8 Å². The quantitative estimate of drug-likeness (QED) is 0.499. The lowest BCUT2D eigenvalue weighted by atomic mass is 10.0. The van der Waals surface area contributed by atoms with Crippen LogP contribution in [-0.4, -0.2) is 18.4 Å². The highest BCUT2D eigenvalue weighted by Crippen LogP contribution is 2.19. The Balaban J connectivity index is 1.55. The zero-order valence-corrected chi connectivity index (χ0v) is 13.7. The summed E-state index contributed by atoms with van der Waals surface area (Å²) in [6, 6.07) is 26.6. The molecule has 3 rings (SSSR count). The van der Waals surface area contributed by atoms with Crippen molar-refractivity contribution >= 4 is 11.8 Å². The number of carbonyl (C=O) groups excluding carboxylic acids is 2. The Morgan fingerprint density at radius 1 is 0.680 bits per heavy atom. The van der Waals surface area contributed by atoms with Gasteiger partial charge in [0.1, 0.15) is 0 Å². The first-order valence-electron chi connectivity index (χ1n) is 8.10. The predicted octanol–water partition coefficient (Wildman–Crippen LogP) is 4.32. The van der Waals surface area contributed by atoms with Gasteiger partial charge in [-0.3, -0.25) is 9.59 Å². The van der Waals surface area contributed by atoms with E-state index >= 15 is 0 Å². The van der Waals surface area contributed by atoms with Crippen LogP contribution in [0, 0.1) is 0 Å². The van der Waals surface area contributed by atoms with Gasteiger partial charge >= 0.3 is 5.97 Å². The first-order valence-corrected chi connectivity index (χ1v) is 8.10. The second-order valence-electron chi connectivity index (χ2n) is 5.69. The molecular formula is C22H18O3. The summed E-state index contributed by atoms with van der Waals surface area (Å²) in [5.74, 6) is -0.610. The van der Waals surface area contributed by atoms with Crippen molar-refractivity contribution in [2.75, 3.05) is 6.61 Å². The van der Waals surface area contributed by atoms with Gasteiger partial charge in [0.25, 0.3) is 0 Å². The minimum atomic E-state index is -0.402. The van der Waals surface area contributed by atoms with Gasteiger partial charge in [0.2, 0.25) is 0 Å². The molecular weight excluding hydrogens is 312 g/mol. The normalized spacial score (nSPS) is 10.2. The van der Waals surface area contributed by atoms with Crippen LogP contribution in [0.3, 0.4) is 0 Å². The van der Waals surface area contributed by atoms with Crippen LogP contribution in [0.1, 0.15) is 15.9 Å². The number of ketones is 1. The van der Waals surface area contributed by atoms with E-state index in [2.05, 4.69) is 0 Å². The van der Waals surface area contributed by atoms with Crippen molar-refractivity contribution in [2.24, 2.45) is 0 Å². The molecule has 0 heterocycles. The molecule has 0 spiro atoms. The number of ether oxygens (including phenoxy) is 1. The first-order chi connectivity index (χ1) is 12.2. The van der Waals surface area contributed by atoms with Gasteiger partial charge in [-0.1, -0.05) is 84.9 Å². The molecule has 0 aromatic heterocycles. The Labute approximate surface area is 146 Å². The summed E-state index contributed by atoms with van der Waals surface area (Å²) in [6.45, 7) is -0.240. The van der Waals surface area contributed by atoms with E-state index < -0.39 is 5.97 Å². The molecule has 0 bridgehead atoms. The number of hydrogen-bond acceptors (Lipinski definition) is 3.